The minimum Gasteiger partial charge on any atom is -0.387 e. The molecule has 0 saturated carbocycles. The van der Waals surface area contributed by atoms with Crippen LogP contribution in [-0.2, 0) is 0 Å². The maximum absolute atomic E-state index is 10.2. The van der Waals surface area contributed by atoms with E-state index in [1.807, 2.05) is 6.92 Å². The standard InChI is InChI=1S/C6H13N3O2/c1-3-4-8-6(5-7-2)9(10)11/h5,7-8H,3-4H2,1-2H3/b6-5-. The Morgan fingerprint density at radius 1 is 1.73 bits per heavy atom. The molecule has 0 heterocycles. The molecule has 0 spiro atoms. The average molecular weight is 159 g/mol. The van der Waals surface area contributed by atoms with Gasteiger partial charge in [0.05, 0.1) is 12.7 Å². The minimum atomic E-state index is -0.452. The highest BCUT2D eigenvalue weighted by molar-refractivity contribution is 4.85. The highest BCUT2D eigenvalue weighted by Crippen LogP contribution is 1.87. The second-order valence-electron chi connectivity index (χ2n) is 2.00. The lowest BCUT2D eigenvalue weighted by atomic mass is 10.5. The number of hydrogen-bond acceptors (Lipinski definition) is 4. The van der Waals surface area contributed by atoms with Gasteiger partial charge in [-0.25, -0.2) is 0 Å². The fourth-order valence-electron chi connectivity index (χ4n) is 0.558. The molecule has 2 N–H and O–H groups in total. The van der Waals surface area contributed by atoms with E-state index in [4.69, 9.17) is 0 Å². The van der Waals surface area contributed by atoms with E-state index in [-0.39, 0.29) is 5.82 Å². The fourth-order valence-corrected chi connectivity index (χ4v) is 0.558. The van der Waals surface area contributed by atoms with Gasteiger partial charge >= 0.3 is 5.82 Å². The topological polar surface area (TPSA) is 67.2 Å². The van der Waals surface area contributed by atoms with Crippen molar-refractivity contribution in [2.24, 2.45) is 0 Å². The van der Waals surface area contributed by atoms with Gasteiger partial charge in [-0.1, -0.05) is 6.92 Å². The second-order valence-corrected chi connectivity index (χ2v) is 2.00. The highest BCUT2D eigenvalue weighted by atomic mass is 16.6. The molecule has 0 aliphatic carbocycles. The first-order chi connectivity index (χ1) is 5.22. The quantitative estimate of drug-likeness (QED) is 0.446. The van der Waals surface area contributed by atoms with Gasteiger partial charge in [-0.05, 0) is 11.3 Å². The molecule has 11 heavy (non-hydrogen) atoms. The Kier molecular flexibility index (Phi) is 4.89. The van der Waals surface area contributed by atoms with Crippen molar-refractivity contribution in [3.05, 3.63) is 22.1 Å². The first-order valence-corrected chi connectivity index (χ1v) is 3.48. The van der Waals surface area contributed by atoms with Crippen molar-refractivity contribution in [1.29, 1.82) is 0 Å². The first kappa shape index (κ1) is 9.74. The van der Waals surface area contributed by atoms with E-state index >= 15 is 0 Å². The zero-order valence-electron chi connectivity index (χ0n) is 6.76. The summed E-state index contributed by atoms with van der Waals surface area (Å²) >= 11 is 0. The molecule has 64 valence electrons. The molecule has 0 aromatic carbocycles. The van der Waals surface area contributed by atoms with Crippen molar-refractivity contribution >= 4 is 0 Å². The van der Waals surface area contributed by atoms with E-state index in [0.717, 1.165) is 6.42 Å². The van der Waals surface area contributed by atoms with Gasteiger partial charge in [-0.3, -0.25) is 5.32 Å². The Balaban J connectivity index is 3.90. The van der Waals surface area contributed by atoms with Crippen LogP contribution in [0.4, 0.5) is 0 Å². The van der Waals surface area contributed by atoms with Gasteiger partial charge in [0.15, 0.2) is 0 Å². The van der Waals surface area contributed by atoms with Gasteiger partial charge in [-0.2, -0.15) is 0 Å². The Morgan fingerprint density at radius 2 is 2.36 bits per heavy atom. The normalized spacial score (nSPS) is 10.9. The Labute approximate surface area is 65.6 Å². The predicted octanol–water partition coefficient (Wildman–Crippen LogP) is 0.281. The molecule has 5 nitrogen and oxygen atoms in total. The lowest BCUT2D eigenvalue weighted by Crippen LogP contribution is -2.22. The van der Waals surface area contributed by atoms with E-state index < -0.39 is 4.92 Å². The summed E-state index contributed by atoms with van der Waals surface area (Å²) in [4.78, 5) is 9.78. The number of nitrogens with one attached hydrogen (secondary N) is 2. The van der Waals surface area contributed by atoms with E-state index in [2.05, 4.69) is 10.6 Å². The summed E-state index contributed by atoms with van der Waals surface area (Å²) in [6.45, 7) is 2.57. The molecule has 0 aromatic heterocycles. The summed E-state index contributed by atoms with van der Waals surface area (Å²) in [7, 11) is 1.62. The van der Waals surface area contributed by atoms with Crippen LogP contribution in [0.25, 0.3) is 0 Å². The third-order valence-corrected chi connectivity index (χ3v) is 1.03. The molecule has 0 aliphatic rings. The number of nitrogens with zero attached hydrogens (tertiary/aromatic N) is 1. The van der Waals surface area contributed by atoms with Crippen molar-refractivity contribution in [2.75, 3.05) is 13.6 Å². The van der Waals surface area contributed by atoms with Crippen LogP contribution in [0, 0.1) is 10.1 Å². The summed E-state index contributed by atoms with van der Waals surface area (Å²) in [6, 6.07) is 0. The first-order valence-electron chi connectivity index (χ1n) is 3.48. The fraction of sp³-hybridized carbons (Fsp3) is 0.667. The highest BCUT2D eigenvalue weighted by Gasteiger charge is 2.04. The van der Waals surface area contributed by atoms with Crippen LogP contribution in [0.1, 0.15) is 13.3 Å². The van der Waals surface area contributed by atoms with Gasteiger partial charge in [0, 0.05) is 7.05 Å². The van der Waals surface area contributed by atoms with E-state index in [1.54, 1.807) is 7.05 Å². The molecule has 0 aliphatic heterocycles. The number of rotatable bonds is 5. The van der Waals surface area contributed by atoms with E-state index in [0.29, 0.717) is 6.54 Å². The molecule has 0 amide bonds. The maximum atomic E-state index is 10.2. The van der Waals surface area contributed by atoms with Crippen LogP contribution >= 0.6 is 0 Å². The molecule has 0 fully saturated rings. The molecule has 0 aromatic rings. The molecular weight excluding hydrogens is 146 g/mol. The molecule has 0 bridgehead atoms. The van der Waals surface area contributed by atoms with Gasteiger partial charge in [0.2, 0.25) is 0 Å². The van der Waals surface area contributed by atoms with Crippen LogP contribution in [-0.4, -0.2) is 18.5 Å². The van der Waals surface area contributed by atoms with Gasteiger partial charge in [-0.15, -0.1) is 0 Å². The lowest BCUT2D eigenvalue weighted by molar-refractivity contribution is -0.432. The van der Waals surface area contributed by atoms with Gasteiger partial charge < -0.3 is 15.4 Å². The van der Waals surface area contributed by atoms with Crippen molar-refractivity contribution in [2.45, 2.75) is 13.3 Å². The van der Waals surface area contributed by atoms with E-state index in [9.17, 15) is 10.1 Å². The van der Waals surface area contributed by atoms with Gasteiger partial charge in [0.1, 0.15) is 0 Å². The molecule has 0 radical (unpaired) electrons. The van der Waals surface area contributed by atoms with Crippen LogP contribution in [0.2, 0.25) is 0 Å². The van der Waals surface area contributed by atoms with Crippen molar-refractivity contribution in [1.82, 2.24) is 10.6 Å². The Hall–Kier alpha value is -1.26. The second kappa shape index (κ2) is 5.52. The van der Waals surface area contributed by atoms with Crippen molar-refractivity contribution < 1.29 is 4.92 Å². The Morgan fingerprint density at radius 3 is 2.73 bits per heavy atom. The monoisotopic (exact) mass is 159 g/mol. The van der Waals surface area contributed by atoms with Crippen LogP contribution in [0.5, 0.6) is 0 Å². The zero-order valence-corrected chi connectivity index (χ0v) is 6.76. The van der Waals surface area contributed by atoms with Crippen LogP contribution in [0.3, 0.4) is 0 Å². The summed E-state index contributed by atoms with van der Waals surface area (Å²) in [5.74, 6) is 0.00866. The number of nitro groups is 1. The zero-order chi connectivity index (χ0) is 8.69. The third kappa shape index (κ3) is 4.19. The largest absolute Gasteiger partial charge is 0.387 e. The smallest absolute Gasteiger partial charge is 0.331 e. The number of hydrogen-bond donors (Lipinski definition) is 2. The molecule has 0 unspecified atom stereocenters. The SMILES string of the molecule is CCCN/C(=C/NC)[N+](=O)[O-]. The summed E-state index contributed by atoms with van der Waals surface area (Å²) in [5.41, 5.74) is 0. The molecule has 0 rings (SSSR count). The Bertz CT molecular complexity index is 156. The lowest BCUT2D eigenvalue weighted by Gasteiger charge is -2.00. The molecule has 0 saturated heterocycles. The molecule has 0 atom stereocenters. The summed E-state index contributed by atoms with van der Waals surface area (Å²) in [6.07, 6.45) is 2.20. The maximum Gasteiger partial charge on any atom is 0.331 e. The van der Waals surface area contributed by atoms with E-state index in [1.165, 1.54) is 6.20 Å². The third-order valence-electron chi connectivity index (χ3n) is 1.03. The molecule has 5 heteroatoms. The van der Waals surface area contributed by atoms with Crippen LogP contribution in [0.15, 0.2) is 12.0 Å². The summed E-state index contributed by atoms with van der Waals surface area (Å²) < 4.78 is 0. The average Bonchev–Trinajstić information content (AvgIpc) is 1.97. The summed E-state index contributed by atoms with van der Waals surface area (Å²) in [5, 5.41) is 15.5. The van der Waals surface area contributed by atoms with Crippen molar-refractivity contribution in [3.8, 4) is 0 Å². The minimum absolute atomic E-state index is 0.00866. The van der Waals surface area contributed by atoms with Crippen molar-refractivity contribution in [3.63, 3.8) is 0 Å². The van der Waals surface area contributed by atoms with Gasteiger partial charge in [0.25, 0.3) is 0 Å². The molecular formula is C6H13N3O2. The van der Waals surface area contributed by atoms with Crippen LogP contribution < -0.4 is 10.6 Å². The predicted molar refractivity (Wildman–Crippen MR) is 42.4 cm³/mol.